The van der Waals surface area contributed by atoms with Gasteiger partial charge in [-0.3, -0.25) is 14.4 Å². The third kappa shape index (κ3) is 67.2. The predicted molar refractivity (Wildman–Crippen MR) is 361 cm³/mol. The lowest BCUT2D eigenvalue weighted by atomic mass is 10.1. The molecule has 0 aliphatic heterocycles. The first-order chi connectivity index (χ1) is 41.0. The second-order valence-electron chi connectivity index (χ2n) is 21.2. The first-order valence-corrected chi connectivity index (χ1v) is 33.3. The van der Waals surface area contributed by atoms with Crippen molar-refractivity contribution in [2.24, 2.45) is 0 Å². The van der Waals surface area contributed by atoms with E-state index < -0.39 is 6.10 Å². The van der Waals surface area contributed by atoms with E-state index in [-0.39, 0.29) is 31.1 Å². The van der Waals surface area contributed by atoms with E-state index in [1.165, 1.54) is 25.7 Å². The molecule has 0 aromatic rings. The summed E-state index contributed by atoms with van der Waals surface area (Å²) < 4.78 is 16.9. The number of carbonyl (C=O) groups is 3. The molecule has 0 spiro atoms. The quantitative estimate of drug-likeness (QED) is 0.0261. The molecule has 0 aromatic carbocycles. The van der Waals surface area contributed by atoms with Gasteiger partial charge in [-0.15, -0.1) is 0 Å². The van der Waals surface area contributed by atoms with Crippen LogP contribution in [0.5, 0.6) is 0 Å². The van der Waals surface area contributed by atoms with Gasteiger partial charge in [0.05, 0.1) is 0 Å². The third-order valence-electron chi connectivity index (χ3n) is 13.4. The Morgan fingerprint density at radius 1 is 0.241 bits per heavy atom. The van der Waals surface area contributed by atoms with Gasteiger partial charge in [0.25, 0.3) is 0 Å². The maximum atomic E-state index is 12.9. The zero-order valence-corrected chi connectivity index (χ0v) is 53.1. The molecule has 0 heterocycles. The minimum absolute atomic E-state index is 0.106. The maximum absolute atomic E-state index is 12.9. The summed E-state index contributed by atoms with van der Waals surface area (Å²) >= 11 is 0. The number of hydrogen-bond donors (Lipinski definition) is 0. The molecule has 0 fully saturated rings. The van der Waals surface area contributed by atoms with E-state index in [1.807, 2.05) is 0 Å². The monoisotopic (exact) mass is 1140 g/mol. The van der Waals surface area contributed by atoms with Crippen LogP contribution in [0, 0.1) is 0 Å². The molecule has 0 rings (SSSR count). The molecular weight excluding hydrogens is 1020 g/mol. The summed E-state index contributed by atoms with van der Waals surface area (Å²) in [6, 6.07) is 0. The topological polar surface area (TPSA) is 78.9 Å². The Balaban J connectivity index is 4.43. The lowest BCUT2D eigenvalue weighted by molar-refractivity contribution is -0.167. The molecule has 6 heteroatoms. The van der Waals surface area contributed by atoms with Gasteiger partial charge in [-0.1, -0.05) is 274 Å². The van der Waals surface area contributed by atoms with Crippen molar-refractivity contribution in [1.82, 2.24) is 0 Å². The average molecular weight is 1140 g/mol. The number of unbranched alkanes of at least 4 members (excludes halogenated alkanes) is 17. The number of esters is 3. The van der Waals surface area contributed by atoms with Crippen LogP contribution in [-0.2, 0) is 28.6 Å². The van der Waals surface area contributed by atoms with Crippen LogP contribution in [0.2, 0.25) is 0 Å². The van der Waals surface area contributed by atoms with E-state index in [0.717, 1.165) is 199 Å². The molecule has 1 unspecified atom stereocenters. The summed E-state index contributed by atoms with van der Waals surface area (Å²) in [6.45, 7) is 6.26. The summed E-state index contributed by atoms with van der Waals surface area (Å²) in [4.78, 5) is 38.4. The lowest BCUT2D eigenvalue weighted by Gasteiger charge is -2.18. The minimum Gasteiger partial charge on any atom is -0.462 e. The molecule has 0 saturated carbocycles. The molecular formula is C77H120O6. The van der Waals surface area contributed by atoms with Crippen LogP contribution in [-0.4, -0.2) is 37.2 Å². The molecule has 0 aliphatic rings. The Hall–Kier alpha value is -5.49. The van der Waals surface area contributed by atoms with Crippen molar-refractivity contribution in [2.75, 3.05) is 13.2 Å². The number of allylic oxidation sites excluding steroid dienone is 30. The zero-order valence-electron chi connectivity index (χ0n) is 53.1. The molecule has 0 amide bonds. The van der Waals surface area contributed by atoms with Gasteiger partial charge < -0.3 is 14.2 Å². The average Bonchev–Trinajstić information content (AvgIpc) is 3.49. The van der Waals surface area contributed by atoms with Crippen LogP contribution < -0.4 is 0 Å². The van der Waals surface area contributed by atoms with E-state index in [9.17, 15) is 14.4 Å². The second-order valence-corrected chi connectivity index (χ2v) is 21.2. The lowest BCUT2D eigenvalue weighted by Crippen LogP contribution is -2.30. The maximum Gasteiger partial charge on any atom is 0.306 e. The Labute approximate surface area is 510 Å². The minimum atomic E-state index is -0.811. The van der Waals surface area contributed by atoms with E-state index in [1.54, 1.807) is 0 Å². The van der Waals surface area contributed by atoms with Crippen molar-refractivity contribution in [3.63, 3.8) is 0 Å². The van der Waals surface area contributed by atoms with E-state index in [0.29, 0.717) is 19.3 Å². The van der Waals surface area contributed by atoms with Gasteiger partial charge in [0, 0.05) is 19.3 Å². The summed E-state index contributed by atoms with van der Waals surface area (Å²) in [6.07, 6.45) is 103. The number of rotatable bonds is 58. The fourth-order valence-corrected chi connectivity index (χ4v) is 8.52. The van der Waals surface area contributed by atoms with Crippen LogP contribution in [0.1, 0.15) is 265 Å². The Kier molecular flexibility index (Phi) is 64.4. The van der Waals surface area contributed by atoms with Crippen molar-refractivity contribution in [2.45, 2.75) is 271 Å². The number of hydrogen-bond acceptors (Lipinski definition) is 6. The van der Waals surface area contributed by atoms with E-state index >= 15 is 0 Å². The molecule has 0 aromatic heterocycles. The predicted octanol–water partition coefficient (Wildman–Crippen LogP) is 23.2. The molecule has 0 radical (unpaired) electrons. The molecule has 83 heavy (non-hydrogen) atoms. The molecule has 0 N–H and O–H groups in total. The van der Waals surface area contributed by atoms with Crippen molar-refractivity contribution in [3.8, 4) is 0 Å². The Bertz CT molecular complexity index is 1940. The van der Waals surface area contributed by atoms with Gasteiger partial charge in [-0.2, -0.15) is 0 Å². The Morgan fingerprint density at radius 2 is 0.434 bits per heavy atom. The molecule has 0 saturated heterocycles. The highest BCUT2D eigenvalue weighted by Crippen LogP contribution is 2.14. The molecule has 0 bridgehead atoms. The van der Waals surface area contributed by atoms with E-state index in [4.69, 9.17) is 14.2 Å². The van der Waals surface area contributed by atoms with Crippen LogP contribution >= 0.6 is 0 Å². The molecule has 1 atom stereocenters. The molecule has 464 valence electrons. The van der Waals surface area contributed by atoms with Crippen molar-refractivity contribution in [1.29, 1.82) is 0 Å². The Morgan fingerprint density at radius 3 is 0.675 bits per heavy atom. The van der Waals surface area contributed by atoms with Gasteiger partial charge in [-0.25, -0.2) is 0 Å². The summed E-state index contributed by atoms with van der Waals surface area (Å²) in [5.74, 6) is -0.955. The van der Waals surface area contributed by atoms with Crippen molar-refractivity contribution < 1.29 is 28.6 Å². The number of carbonyl (C=O) groups excluding carboxylic acids is 3. The highest BCUT2D eigenvalue weighted by atomic mass is 16.6. The SMILES string of the molecule is CC/C=C\C/C=C\C/C=C\C/C=C\C/C=C\C/C=C\C/C=C\C/C=C\CCCCCCCCC(=O)OCC(COC(=O)CCCCCCC/C=C\C/C=C\C/C=C\CC)OC(=O)CCCCCCCC/C=C\C/C=C\C/C=C\C/C=C\CC. The normalized spacial score (nSPS) is 13.3. The molecule has 6 nitrogen and oxygen atoms in total. The summed E-state index contributed by atoms with van der Waals surface area (Å²) in [5, 5.41) is 0. The zero-order chi connectivity index (χ0) is 59.9. The molecule has 0 aliphatic carbocycles. The highest BCUT2D eigenvalue weighted by Gasteiger charge is 2.19. The van der Waals surface area contributed by atoms with Gasteiger partial charge in [-0.05, 0) is 154 Å². The fourth-order valence-electron chi connectivity index (χ4n) is 8.52. The second kappa shape index (κ2) is 69.0. The summed E-state index contributed by atoms with van der Waals surface area (Å²) in [7, 11) is 0. The van der Waals surface area contributed by atoms with Gasteiger partial charge >= 0.3 is 17.9 Å². The van der Waals surface area contributed by atoms with Crippen LogP contribution in [0.25, 0.3) is 0 Å². The van der Waals surface area contributed by atoms with E-state index in [2.05, 4.69) is 203 Å². The fraction of sp³-hybridized carbons (Fsp3) is 0.571. The van der Waals surface area contributed by atoms with Crippen LogP contribution in [0.4, 0.5) is 0 Å². The van der Waals surface area contributed by atoms with Gasteiger partial charge in [0.1, 0.15) is 13.2 Å². The summed E-state index contributed by atoms with van der Waals surface area (Å²) in [5.41, 5.74) is 0. The first-order valence-electron chi connectivity index (χ1n) is 33.3. The van der Waals surface area contributed by atoms with Crippen LogP contribution in [0.3, 0.4) is 0 Å². The van der Waals surface area contributed by atoms with Gasteiger partial charge in [0.15, 0.2) is 6.10 Å². The smallest absolute Gasteiger partial charge is 0.306 e. The number of ether oxygens (including phenoxy) is 3. The highest BCUT2D eigenvalue weighted by molar-refractivity contribution is 5.71. The van der Waals surface area contributed by atoms with Crippen molar-refractivity contribution in [3.05, 3.63) is 182 Å². The third-order valence-corrected chi connectivity index (χ3v) is 13.4. The standard InChI is InChI=1S/C77H120O6/c1-4-7-10-13-16-19-22-25-28-30-32-33-34-35-36-37-38-39-40-41-42-43-45-46-49-52-55-58-61-64-67-70-76(79)82-73-74(72-81-75(78)69-66-63-60-57-54-51-48-27-24-21-18-15-12-9-6-3)83-77(80)71-68-65-62-59-56-53-50-47-44-31-29-26-23-20-17-14-11-8-5-2/h7-12,16-21,25-29,32-33,35-36,38-39,41-42,44-48,74H,4-6,13-15,22-24,30-31,34,37,40,43,49-73H2,1-3H3/b10-7-,11-8-,12-9-,19-16-,20-17-,21-18-,28-25-,29-26-,33-32-,36-35-,39-38-,42-41-,46-45-,47-44-,48-27-. The van der Waals surface area contributed by atoms with Crippen LogP contribution in [0.15, 0.2) is 182 Å². The first kappa shape index (κ1) is 77.5. The largest absolute Gasteiger partial charge is 0.462 e. The van der Waals surface area contributed by atoms with Gasteiger partial charge in [0.2, 0.25) is 0 Å². The van der Waals surface area contributed by atoms with Crippen molar-refractivity contribution >= 4 is 17.9 Å².